The van der Waals surface area contributed by atoms with Gasteiger partial charge in [0, 0.05) is 37.2 Å². The second kappa shape index (κ2) is 8.48. The van der Waals surface area contributed by atoms with Gasteiger partial charge in [-0.1, -0.05) is 18.2 Å². The molecule has 2 N–H and O–H groups in total. The Kier molecular flexibility index (Phi) is 5.32. The first-order valence-electron chi connectivity index (χ1n) is 11.8. The number of carbonyl (C=O) groups excluding carboxylic acids is 1. The molecule has 2 atom stereocenters. The zero-order chi connectivity index (χ0) is 22.3. The molecule has 3 aromatic rings. The van der Waals surface area contributed by atoms with Gasteiger partial charge in [-0.3, -0.25) is 14.3 Å². The molecule has 0 aliphatic carbocycles. The number of ether oxygens (including phenoxy) is 1. The van der Waals surface area contributed by atoms with Gasteiger partial charge in [0.1, 0.15) is 12.6 Å². The molecule has 33 heavy (non-hydrogen) atoms. The smallest absolute Gasteiger partial charge is 0.256 e. The Morgan fingerprint density at radius 2 is 2.06 bits per heavy atom. The molecule has 5 heterocycles. The van der Waals surface area contributed by atoms with Crippen molar-refractivity contribution in [1.29, 1.82) is 0 Å². The highest BCUT2D eigenvalue weighted by atomic mass is 16.5. The quantitative estimate of drug-likeness (QED) is 0.620. The number of carbonyl (C=O) groups is 1. The minimum atomic E-state index is -0.220. The Bertz CT molecular complexity index is 1130. The lowest BCUT2D eigenvalue weighted by molar-refractivity contribution is -0.0659. The van der Waals surface area contributed by atoms with Gasteiger partial charge in [-0.25, -0.2) is 15.0 Å². The Balaban J connectivity index is 1.11. The van der Waals surface area contributed by atoms with E-state index >= 15 is 0 Å². The molecule has 3 aliphatic rings. The number of benzene rings is 1. The maximum atomic E-state index is 12.6. The van der Waals surface area contributed by atoms with Crippen LogP contribution in [0.3, 0.4) is 0 Å². The molecule has 172 valence electrons. The third-order valence-electron chi connectivity index (χ3n) is 7.16. The second-order valence-electron chi connectivity index (χ2n) is 9.61. The number of fused-ring (bicyclic) bond motifs is 1. The number of nitrogens with one attached hydrogen (secondary N) is 2. The predicted molar refractivity (Wildman–Crippen MR) is 124 cm³/mol. The SMILES string of the molecule is O=C(Nc1ncnc2c1ncn2C1CCC(CN2CC3(CCCNC3)C2)O1)c1ccccc1. The average Bonchev–Trinajstić information content (AvgIpc) is 3.47. The number of piperidine rings is 1. The molecule has 0 radical (unpaired) electrons. The van der Waals surface area contributed by atoms with E-state index in [1.54, 1.807) is 18.5 Å². The van der Waals surface area contributed by atoms with Crippen LogP contribution < -0.4 is 10.6 Å². The molecule has 2 aromatic heterocycles. The van der Waals surface area contributed by atoms with E-state index in [1.807, 2.05) is 22.8 Å². The summed E-state index contributed by atoms with van der Waals surface area (Å²) in [5, 5.41) is 6.42. The topological polar surface area (TPSA) is 97.2 Å². The van der Waals surface area contributed by atoms with Crippen LogP contribution in [-0.2, 0) is 4.74 Å². The number of rotatable bonds is 5. The molecule has 6 rings (SSSR count). The zero-order valence-corrected chi connectivity index (χ0v) is 18.6. The minimum absolute atomic E-state index is 0.0980. The fraction of sp³-hybridized carbons (Fsp3) is 0.500. The zero-order valence-electron chi connectivity index (χ0n) is 18.6. The van der Waals surface area contributed by atoms with E-state index in [9.17, 15) is 4.79 Å². The van der Waals surface area contributed by atoms with Crippen LogP contribution in [0.1, 0.15) is 42.3 Å². The molecule has 1 amide bonds. The first kappa shape index (κ1) is 20.7. The van der Waals surface area contributed by atoms with Crippen molar-refractivity contribution in [3.63, 3.8) is 0 Å². The van der Waals surface area contributed by atoms with Crippen LogP contribution in [0.25, 0.3) is 11.2 Å². The van der Waals surface area contributed by atoms with Gasteiger partial charge >= 0.3 is 0 Å². The lowest BCUT2D eigenvalue weighted by atomic mass is 9.74. The van der Waals surface area contributed by atoms with Crippen LogP contribution >= 0.6 is 0 Å². The summed E-state index contributed by atoms with van der Waals surface area (Å²) in [5.41, 5.74) is 2.31. The average molecular weight is 448 g/mol. The molecule has 2 unspecified atom stereocenters. The van der Waals surface area contributed by atoms with E-state index in [4.69, 9.17) is 4.74 Å². The molecule has 9 heteroatoms. The van der Waals surface area contributed by atoms with E-state index in [1.165, 1.54) is 32.3 Å². The lowest BCUT2D eigenvalue weighted by Gasteiger charge is -2.53. The summed E-state index contributed by atoms with van der Waals surface area (Å²) in [6.45, 7) is 5.65. The van der Waals surface area contributed by atoms with Crippen molar-refractivity contribution < 1.29 is 9.53 Å². The lowest BCUT2D eigenvalue weighted by Crippen LogP contribution is -2.63. The highest BCUT2D eigenvalue weighted by Gasteiger charge is 2.44. The second-order valence-corrected chi connectivity index (χ2v) is 9.61. The van der Waals surface area contributed by atoms with Crippen molar-refractivity contribution >= 4 is 22.9 Å². The maximum absolute atomic E-state index is 12.6. The van der Waals surface area contributed by atoms with Gasteiger partial charge in [-0.15, -0.1) is 0 Å². The number of aromatic nitrogens is 4. The van der Waals surface area contributed by atoms with Gasteiger partial charge in [0.05, 0.1) is 12.4 Å². The molecule has 1 spiro atoms. The van der Waals surface area contributed by atoms with E-state index in [-0.39, 0.29) is 18.2 Å². The molecule has 9 nitrogen and oxygen atoms in total. The Morgan fingerprint density at radius 3 is 2.88 bits per heavy atom. The number of hydrogen-bond donors (Lipinski definition) is 2. The van der Waals surface area contributed by atoms with Crippen LogP contribution in [0.15, 0.2) is 43.0 Å². The molecule has 3 aliphatic heterocycles. The monoisotopic (exact) mass is 447 g/mol. The van der Waals surface area contributed by atoms with Crippen molar-refractivity contribution in [3.8, 4) is 0 Å². The highest BCUT2D eigenvalue weighted by molar-refractivity contribution is 6.06. The normalized spacial score (nSPS) is 24.7. The Morgan fingerprint density at radius 1 is 1.18 bits per heavy atom. The molecular formula is C24H29N7O2. The van der Waals surface area contributed by atoms with Crippen molar-refractivity contribution in [2.45, 2.75) is 38.0 Å². The van der Waals surface area contributed by atoms with E-state index < -0.39 is 0 Å². The van der Waals surface area contributed by atoms with Gasteiger partial charge in [-0.2, -0.15) is 0 Å². The molecule has 3 fully saturated rings. The van der Waals surface area contributed by atoms with Gasteiger partial charge in [0.2, 0.25) is 0 Å². The van der Waals surface area contributed by atoms with Crippen LogP contribution in [0.4, 0.5) is 5.82 Å². The van der Waals surface area contributed by atoms with Gasteiger partial charge in [-0.05, 0) is 44.4 Å². The molecular weight excluding hydrogens is 418 g/mol. The number of likely N-dealkylation sites (tertiary alicyclic amines) is 1. The van der Waals surface area contributed by atoms with E-state index in [2.05, 4.69) is 30.5 Å². The van der Waals surface area contributed by atoms with Crippen molar-refractivity contribution in [2.75, 3.05) is 38.0 Å². The fourth-order valence-corrected chi connectivity index (χ4v) is 5.57. The summed E-state index contributed by atoms with van der Waals surface area (Å²) in [5.74, 6) is 0.192. The van der Waals surface area contributed by atoms with Gasteiger partial charge in [0.15, 0.2) is 17.0 Å². The standard InChI is InChI=1S/C24H29N7O2/c32-23(17-5-2-1-3-6-17)29-21-20-22(27-15-26-21)31(16-28-20)19-8-7-18(33-19)11-30-13-24(14-30)9-4-10-25-12-24/h1-3,5-6,15-16,18-19,25H,4,7-14H2,(H,26,27,29,32). The molecule has 3 saturated heterocycles. The Labute approximate surface area is 192 Å². The third-order valence-corrected chi connectivity index (χ3v) is 7.16. The van der Waals surface area contributed by atoms with Gasteiger partial charge in [0.25, 0.3) is 5.91 Å². The summed E-state index contributed by atoms with van der Waals surface area (Å²) >= 11 is 0. The van der Waals surface area contributed by atoms with Gasteiger partial charge < -0.3 is 15.4 Å². The van der Waals surface area contributed by atoms with Crippen LogP contribution in [-0.4, -0.2) is 69.2 Å². The highest BCUT2D eigenvalue weighted by Crippen LogP contribution is 2.38. The largest absolute Gasteiger partial charge is 0.353 e. The predicted octanol–water partition coefficient (Wildman–Crippen LogP) is 2.44. The Hall–Kier alpha value is -2.88. The van der Waals surface area contributed by atoms with Crippen molar-refractivity contribution in [3.05, 3.63) is 48.5 Å². The number of imidazole rings is 1. The number of anilines is 1. The summed E-state index contributed by atoms with van der Waals surface area (Å²) in [7, 11) is 0. The maximum Gasteiger partial charge on any atom is 0.256 e. The van der Waals surface area contributed by atoms with E-state index in [0.717, 1.165) is 32.5 Å². The minimum Gasteiger partial charge on any atom is -0.353 e. The number of amides is 1. The number of nitrogens with zero attached hydrogens (tertiary/aromatic N) is 5. The van der Waals surface area contributed by atoms with Crippen molar-refractivity contribution in [1.82, 2.24) is 29.7 Å². The fourth-order valence-electron chi connectivity index (χ4n) is 5.57. The van der Waals surface area contributed by atoms with Crippen LogP contribution in [0.2, 0.25) is 0 Å². The summed E-state index contributed by atoms with van der Waals surface area (Å²) in [4.78, 5) is 28.3. The first-order valence-corrected chi connectivity index (χ1v) is 11.8. The number of hydrogen-bond acceptors (Lipinski definition) is 7. The van der Waals surface area contributed by atoms with Crippen LogP contribution in [0.5, 0.6) is 0 Å². The summed E-state index contributed by atoms with van der Waals surface area (Å²) in [6, 6.07) is 9.08. The van der Waals surface area contributed by atoms with Crippen molar-refractivity contribution in [2.24, 2.45) is 5.41 Å². The summed E-state index contributed by atoms with van der Waals surface area (Å²) in [6.07, 6.45) is 7.91. The molecule has 0 bridgehead atoms. The first-order chi connectivity index (χ1) is 16.2. The van der Waals surface area contributed by atoms with Crippen LogP contribution in [0, 0.1) is 5.41 Å². The summed E-state index contributed by atoms with van der Waals surface area (Å²) < 4.78 is 8.37. The van der Waals surface area contributed by atoms with E-state index in [0.29, 0.717) is 28.0 Å². The molecule has 1 aromatic carbocycles. The molecule has 0 saturated carbocycles. The third kappa shape index (κ3) is 4.01.